The van der Waals surface area contributed by atoms with Gasteiger partial charge in [-0.15, -0.1) is 13.2 Å². The largest absolute Gasteiger partial charge is 0.573 e. The number of hydrogen-bond donors (Lipinski definition) is 2. The minimum atomic E-state index is -4.71. The highest BCUT2D eigenvalue weighted by molar-refractivity contribution is 5.28. The van der Waals surface area contributed by atoms with E-state index in [4.69, 9.17) is 0 Å². The molecule has 3 nitrogen and oxygen atoms in total. The lowest BCUT2D eigenvalue weighted by Gasteiger charge is -2.35. The van der Waals surface area contributed by atoms with E-state index < -0.39 is 12.5 Å². The van der Waals surface area contributed by atoms with Crippen molar-refractivity contribution in [3.05, 3.63) is 65.7 Å². The Labute approximate surface area is 164 Å². The zero-order valence-corrected chi connectivity index (χ0v) is 16.5. The number of alkyl halides is 3. The van der Waals surface area contributed by atoms with Gasteiger partial charge in [0, 0.05) is 13.1 Å². The summed E-state index contributed by atoms with van der Waals surface area (Å²) >= 11 is 0. The van der Waals surface area contributed by atoms with Gasteiger partial charge < -0.3 is 15.2 Å². The number of benzene rings is 2. The molecule has 0 saturated heterocycles. The van der Waals surface area contributed by atoms with Crippen molar-refractivity contribution in [3.63, 3.8) is 0 Å². The average Bonchev–Trinajstić information content (AvgIpc) is 2.58. The van der Waals surface area contributed by atoms with E-state index in [1.165, 1.54) is 23.8 Å². The maximum Gasteiger partial charge on any atom is 0.573 e. The third kappa shape index (κ3) is 7.52. The van der Waals surface area contributed by atoms with Gasteiger partial charge in [0.1, 0.15) is 5.75 Å². The Bertz CT molecular complexity index is 727. The molecule has 1 unspecified atom stereocenters. The first-order chi connectivity index (χ1) is 13.0. The second-order valence-corrected chi connectivity index (χ2v) is 8.06. The molecule has 0 aromatic heterocycles. The van der Waals surface area contributed by atoms with Crippen molar-refractivity contribution in [2.45, 2.75) is 46.2 Å². The van der Waals surface area contributed by atoms with E-state index in [2.05, 4.69) is 30.8 Å². The van der Waals surface area contributed by atoms with Gasteiger partial charge >= 0.3 is 6.36 Å². The predicted octanol–water partition coefficient (Wildman–Crippen LogP) is 4.94. The van der Waals surface area contributed by atoms with Gasteiger partial charge in [0.05, 0.1) is 6.10 Å². The smallest absolute Gasteiger partial charge is 0.406 e. The molecule has 0 aliphatic rings. The van der Waals surface area contributed by atoms with Crippen LogP contribution in [0.5, 0.6) is 5.75 Å². The summed E-state index contributed by atoms with van der Waals surface area (Å²) in [5, 5.41) is 13.9. The molecule has 2 aromatic rings. The number of rotatable bonds is 8. The van der Waals surface area contributed by atoms with Gasteiger partial charge in [0.15, 0.2) is 0 Å². The van der Waals surface area contributed by atoms with Crippen LogP contribution >= 0.6 is 0 Å². The molecule has 0 spiro atoms. The first kappa shape index (κ1) is 22.2. The van der Waals surface area contributed by atoms with Crippen LogP contribution in [0.1, 0.15) is 31.9 Å². The lowest BCUT2D eigenvalue weighted by molar-refractivity contribution is -0.274. The second kappa shape index (κ2) is 9.43. The number of nitrogens with one attached hydrogen (secondary N) is 1. The van der Waals surface area contributed by atoms with Crippen molar-refractivity contribution in [3.8, 4) is 5.75 Å². The van der Waals surface area contributed by atoms with Gasteiger partial charge in [-0.05, 0) is 41.0 Å². The monoisotopic (exact) mass is 395 g/mol. The molecule has 6 heteroatoms. The molecule has 154 valence electrons. The molecule has 2 aromatic carbocycles. The minimum Gasteiger partial charge on any atom is -0.406 e. The summed E-state index contributed by atoms with van der Waals surface area (Å²) < 4.78 is 41.0. The van der Waals surface area contributed by atoms with E-state index >= 15 is 0 Å². The van der Waals surface area contributed by atoms with Crippen LogP contribution in [-0.2, 0) is 13.0 Å². The number of halogens is 3. The van der Waals surface area contributed by atoms with Gasteiger partial charge in [-0.3, -0.25) is 0 Å². The molecule has 2 atom stereocenters. The number of aliphatic hydroxyl groups is 1. The molecule has 0 aliphatic heterocycles. The topological polar surface area (TPSA) is 41.5 Å². The second-order valence-electron chi connectivity index (χ2n) is 8.06. The van der Waals surface area contributed by atoms with Crippen LogP contribution < -0.4 is 10.1 Å². The molecule has 0 radical (unpaired) electrons. The highest BCUT2D eigenvalue weighted by Crippen LogP contribution is 2.32. The van der Waals surface area contributed by atoms with Crippen molar-refractivity contribution < 1.29 is 23.0 Å². The molecule has 0 aliphatic carbocycles. The van der Waals surface area contributed by atoms with Crippen LogP contribution in [0.15, 0.2) is 54.6 Å². The zero-order chi connectivity index (χ0) is 20.8. The Balaban J connectivity index is 1.94. The Morgan fingerprint density at radius 2 is 1.61 bits per heavy atom. The third-order valence-corrected chi connectivity index (χ3v) is 4.69. The van der Waals surface area contributed by atoms with Crippen molar-refractivity contribution >= 4 is 0 Å². The number of ether oxygens (including phenoxy) is 1. The standard InChI is InChI=1S/C22H28F3NO2/c1-21(2,3)19(13-16-8-5-4-6-9-16)20(27)15-26-14-17-10-7-11-18(12-17)28-22(23,24)25/h4-12,19-20,26-27H,13-15H2,1-3H3/t19?,20-/m0/s1. The summed E-state index contributed by atoms with van der Waals surface area (Å²) in [6, 6.07) is 15.9. The lowest BCUT2D eigenvalue weighted by atomic mass is 9.74. The fourth-order valence-corrected chi connectivity index (χ4v) is 3.25. The zero-order valence-electron chi connectivity index (χ0n) is 16.5. The van der Waals surface area contributed by atoms with Gasteiger partial charge in [-0.1, -0.05) is 63.2 Å². The van der Waals surface area contributed by atoms with E-state index in [1.54, 1.807) is 6.07 Å². The molecule has 0 amide bonds. The van der Waals surface area contributed by atoms with Gasteiger partial charge in [0.25, 0.3) is 0 Å². The van der Waals surface area contributed by atoms with Crippen molar-refractivity contribution in [1.82, 2.24) is 5.32 Å². The Morgan fingerprint density at radius 3 is 2.21 bits per heavy atom. The summed E-state index contributed by atoms with van der Waals surface area (Å²) in [6.45, 7) is 6.98. The van der Waals surface area contributed by atoms with E-state index in [0.717, 1.165) is 6.42 Å². The van der Waals surface area contributed by atoms with Gasteiger partial charge in [-0.2, -0.15) is 0 Å². The molecular formula is C22H28F3NO2. The third-order valence-electron chi connectivity index (χ3n) is 4.69. The van der Waals surface area contributed by atoms with Gasteiger partial charge in [-0.25, -0.2) is 0 Å². The maximum absolute atomic E-state index is 12.3. The molecule has 0 saturated carbocycles. The van der Waals surface area contributed by atoms with E-state index in [1.807, 2.05) is 30.3 Å². The van der Waals surface area contributed by atoms with E-state index in [9.17, 15) is 18.3 Å². The first-order valence-corrected chi connectivity index (χ1v) is 9.32. The van der Waals surface area contributed by atoms with E-state index in [-0.39, 0.29) is 17.1 Å². The molecular weight excluding hydrogens is 367 g/mol. The summed E-state index contributed by atoms with van der Waals surface area (Å²) in [5.41, 5.74) is 1.72. The molecule has 0 heterocycles. The van der Waals surface area contributed by atoms with E-state index in [0.29, 0.717) is 18.7 Å². The van der Waals surface area contributed by atoms with Crippen LogP contribution in [0.4, 0.5) is 13.2 Å². The average molecular weight is 395 g/mol. The van der Waals surface area contributed by atoms with Crippen LogP contribution in [-0.4, -0.2) is 24.1 Å². The summed E-state index contributed by atoms with van der Waals surface area (Å²) in [6.07, 6.45) is -4.54. The van der Waals surface area contributed by atoms with Gasteiger partial charge in [0.2, 0.25) is 0 Å². The number of aliphatic hydroxyl groups excluding tert-OH is 1. The summed E-state index contributed by atoms with van der Waals surface area (Å²) in [7, 11) is 0. The lowest BCUT2D eigenvalue weighted by Crippen LogP contribution is -2.40. The fraction of sp³-hybridized carbons (Fsp3) is 0.455. The Kier molecular flexibility index (Phi) is 7.49. The normalized spacial score (nSPS) is 14.5. The highest BCUT2D eigenvalue weighted by atomic mass is 19.4. The predicted molar refractivity (Wildman–Crippen MR) is 104 cm³/mol. The van der Waals surface area contributed by atoms with Crippen LogP contribution in [0.25, 0.3) is 0 Å². The Hall–Kier alpha value is -2.05. The molecule has 2 rings (SSSR count). The summed E-state index contributed by atoms with van der Waals surface area (Å²) in [4.78, 5) is 0. The Morgan fingerprint density at radius 1 is 0.964 bits per heavy atom. The van der Waals surface area contributed by atoms with Crippen LogP contribution in [0, 0.1) is 11.3 Å². The van der Waals surface area contributed by atoms with Crippen molar-refractivity contribution in [2.75, 3.05) is 6.54 Å². The van der Waals surface area contributed by atoms with Crippen molar-refractivity contribution in [1.29, 1.82) is 0 Å². The van der Waals surface area contributed by atoms with Crippen molar-refractivity contribution in [2.24, 2.45) is 11.3 Å². The number of hydrogen-bond acceptors (Lipinski definition) is 3. The first-order valence-electron chi connectivity index (χ1n) is 9.32. The van der Waals surface area contributed by atoms with Crippen LogP contribution in [0.3, 0.4) is 0 Å². The highest BCUT2D eigenvalue weighted by Gasteiger charge is 2.32. The maximum atomic E-state index is 12.3. The molecule has 0 fully saturated rings. The van der Waals surface area contributed by atoms with Crippen LogP contribution in [0.2, 0.25) is 0 Å². The SMILES string of the molecule is CC(C)(C)C(Cc1ccccc1)[C@@H](O)CNCc1cccc(OC(F)(F)F)c1. The fourth-order valence-electron chi connectivity index (χ4n) is 3.25. The molecule has 28 heavy (non-hydrogen) atoms. The quantitative estimate of drug-likeness (QED) is 0.665. The minimum absolute atomic E-state index is 0.0299. The summed E-state index contributed by atoms with van der Waals surface area (Å²) in [5.74, 6) is -0.216. The molecule has 2 N–H and O–H groups in total. The molecule has 0 bridgehead atoms.